The predicted octanol–water partition coefficient (Wildman–Crippen LogP) is 1.33. The van der Waals surface area contributed by atoms with Gasteiger partial charge < -0.3 is 29.3 Å². The lowest BCUT2D eigenvalue weighted by Crippen LogP contribution is -2.43. The molecule has 0 bridgehead atoms. The van der Waals surface area contributed by atoms with Crippen LogP contribution in [-0.4, -0.2) is 78.6 Å². The molecule has 2 atom stereocenters. The number of cyclic esters (lactones) is 1. The van der Waals surface area contributed by atoms with Crippen LogP contribution < -0.4 is 15.0 Å². The minimum atomic E-state index is -1.42. The maximum absolute atomic E-state index is 15.0. The quantitative estimate of drug-likeness (QED) is 0.568. The van der Waals surface area contributed by atoms with Crippen molar-refractivity contribution < 1.29 is 37.9 Å². The number of amides is 3. The number of carbonyl (C=O) groups is 3. The van der Waals surface area contributed by atoms with Crippen LogP contribution in [-0.2, 0) is 14.3 Å². The summed E-state index contributed by atoms with van der Waals surface area (Å²) in [6, 6.07) is 6.01. The van der Waals surface area contributed by atoms with Crippen molar-refractivity contribution >= 4 is 29.2 Å². The first-order valence-corrected chi connectivity index (χ1v) is 11.0. The standard InChI is InChI=1S/C23H25FN4O7/c1-25-20(30)11-19(29)22(31)27-7-4-14(5-8-27)17-3-2-15(10-18(17)24)28-12-16(35-23(28)32)13-33-21-6-9-34-26-21/h2-4,6,9-10,16,19,29H,5,7-8,11-13H2,1H3,(H,25,30)/t16-,19-/m1/s1. The smallest absolute Gasteiger partial charge is 0.414 e. The molecule has 186 valence electrons. The van der Waals surface area contributed by atoms with Crippen molar-refractivity contribution in [1.82, 2.24) is 15.4 Å². The number of nitrogens with zero attached hydrogens (tertiary/aromatic N) is 3. The number of aromatic nitrogens is 1. The second-order valence-corrected chi connectivity index (χ2v) is 8.09. The first-order valence-electron chi connectivity index (χ1n) is 11.0. The third kappa shape index (κ3) is 5.60. The molecular formula is C23H25FN4O7. The summed E-state index contributed by atoms with van der Waals surface area (Å²) in [5.41, 5.74) is 1.43. The maximum atomic E-state index is 15.0. The topological polar surface area (TPSA) is 134 Å². The zero-order chi connectivity index (χ0) is 24.9. The number of ether oxygens (including phenoxy) is 2. The van der Waals surface area contributed by atoms with Crippen molar-refractivity contribution in [2.24, 2.45) is 0 Å². The average Bonchev–Trinajstić information content (AvgIpc) is 3.51. The lowest BCUT2D eigenvalue weighted by atomic mass is 9.98. The van der Waals surface area contributed by atoms with E-state index >= 15 is 0 Å². The number of aliphatic hydroxyl groups is 1. The van der Waals surface area contributed by atoms with Gasteiger partial charge in [0.25, 0.3) is 11.8 Å². The van der Waals surface area contributed by atoms with Crippen LogP contribution >= 0.6 is 0 Å². The fourth-order valence-corrected chi connectivity index (χ4v) is 3.90. The van der Waals surface area contributed by atoms with E-state index in [1.54, 1.807) is 18.2 Å². The number of nitrogens with one attached hydrogen (secondary N) is 1. The van der Waals surface area contributed by atoms with Gasteiger partial charge in [-0.25, -0.2) is 9.18 Å². The van der Waals surface area contributed by atoms with E-state index in [9.17, 15) is 23.9 Å². The van der Waals surface area contributed by atoms with Crippen molar-refractivity contribution in [3.05, 3.63) is 48.0 Å². The Labute approximate surface area is 200 Å². The molecule has 0 saturated carbocycles. The Kier molecular flexibility index (Phi) is 7.30. The summed E-state index contributed by atoms with van der Waals surface area (Å²) in [4.78, 5) is 38.8. The molecule has 1 saturated heterocycles. The predicted molar refractivity (Wildman–Crippen MR) is 120 cm³/mol. The summed E-state index contributed by atoms with van der Waals surface area (Å²) in [5, 5.41) is 15.9. The minimum Gasteiger partial charge on any atom is -0.471 e. The van der Waals surface area contributed by atoms with E-state index in [4.69, 9.17) is 9.47 Å². The Hall–Kier alpha value is -3.93. The molecule has 35 heavy (non-hydrogen) atoms. The van der Waals surface area contributed by atoms with Gasteiger partial charge in [-0.15, -0.1) is 0 Å². The molecule has 3 heterocycles. The van der Waals surface area contributed by atoms with Crippen molar-refractivity contribution in [3.63, 3.8) is 0 Å². The Morgan fingerprint density at radius 2 is 2.20 bits per heavy atom. The number of hydrogen-bond acceptors (Lipinski definition) is 8. The van der Waals surface area contributed by atoms with Crippen molar-refractivity contribution in [3.8, 4) is 5.88 Å². The largest absolute Gasteiger partial charge is 0.471 e. The molecule has 1 aromatic carbocycles. The Morgan fingerprint density at radius 3 is 2.86 bits per heavy atom. The maximum Gasteiger partial charge on any atom is 0.414 e. The van der Waals surface area contributed by atoms with Crippen molar-refractivity contribution in [2.45, 2.75) is 25.0 Å². The third-order valence-electron chi connectivity index (χ3n) is 5.78. The zero-order valence-corrected chi connectivity index (χ0v) is 19.0. The summed E-state index contributed by atoms with van der Waals surface area (Å²) < 4.78 is 30.3. The highest BCUT2D eigenvalue weighted by molar-refractivity contribution is 5.90. The van der Waals surface area contributed by atoms with Crippen LogP contribution in [0.15, 0.2) is 41.1 Å². The average molecular weight is 488 g/mol. The Bertz CT molecular complexity index is 1120. The van der Waals surface area contributed by atoms with Crippen LogP contribution in [0.2, 0.25) is 0 Å². The van der Waals surface area contributed by atoms with E-state index in [1.165, 1.54) is 35.2 Å². The van der Waals surface area contributed by atoms with Crippen molar-refractivity contribution in [2.75, 3.05) is 38.2 Å². The highest BCUT2D eigenvalue weighted by atomic mass is 19.1. The fraction of sp³-hybridized carbons (Fsp3) is 0.391. The molecule has 4 rings (SSSR count). The first-order chi connectivity index (χ1) is 16.9. The molecule has 0 spiro atoms. The summed E-state index contributed by atoms with van der Waals surface area (Å²) in [6.07, 6.45) is 0.560. The van der Waals surface area contributed by atoms with Gasteiger partial charge in [0.05, 0.1) is 18.7 Å². The van der Waals surface area contributed by atoms with Gasteiger partial charge in [-0.1, -0.05) is 6.08 Å². The summed E-state index contributed by atoms with van der Waals surface area (Å²) in [5.74, 6) is -1.22. The molecule has 1 fully saturated rings. The highest BCUT2D eigenvalue weighted by Crippen LogP contribution is 2.30. The highest BCUT2D eigenvalue weighted by Gasteiger charge is 2.33. The van der Waals surface area contributed by atoms with E-state index < -0.39 is 35.9 Å². The lowest BCUT2D eigenvalue weighted by molar-refractivity contribution is -0.142. The monoisotopic (exact) mass is 488 g/mol. The molecule has 2 aliphatic rings. The molecule has 0 aliphatic carbocycles. The summed E-state index contributed by atoms with van der Waals surface area (Å²) >= 11 is 0. The number of anilines is 1. The fourth-order valence-electron chi connectivity index (χ4n) is 3.90. The molecule has 1 aromatic heterocycles. The Morgan fingerprint density at radius 1 is 1.37 bits per heavy atom. The SMILES string of the molecule is CNC(=O)C[C@@H](O)C(=O)N1CC=C(c2ccc(N3C[C@H](COc4ccon4)OC3=O)cc2F)CC1. The third-order valence-corrected chi connectivity index (χ3v) is 5.78. The number of halogens is 1. The second-order valence-electron chi connectivity index (χ2n) is 8.09. The van der Waals surface area contributed by atoms with E-state index in [-0.39, 0.29) is 38.5 Å². The van der Waals surface area contributed by atoms with Crippen molar-refractivity contribution in [1.29, 1.82) is 0 Å². The van der Waals surface area contributed by atoms with Crippen LogP contribution in [0.1, 0.15) is 18.4 Å². The van der Waals surface area contributed by atoms with Gasteiger partial charge >= 0.3 is 6.09 Å². The van der Waals surface area contributed by atoms with Crippen LogP contribution in [0.3, 0.4) is 0 Å². The number of benzene rings is 1. The van der Waals surface area contributed by atoms with Gasteiger partial charge in [0.2, 0.25) is 5.91 Å². The Balaban J connectivity index is 1.36. The molecule has 3 amide bonds. The normalized spacial score (nSPS) is 18.7. The van der Waals surface area contributed by atoms with E-state index in [0.717, 1.165) is 0 Å². The molecule has 12 heteroatoms. The second kappa shape index (κ2) is 10.6. The molecule has 0 radical (unpaired) electrons. The number of hydrogen-bond donors (Lipinski definition) is 2. The van der Waals surface area contributed by atoms with Gasteiger partial charge in [0, 0.05) is 31.8 Å². The minimum absolute atomic E-state index is 0.0786. The van der Waals surface area contributed by atoms with Crippen LogP contribution in [0.4, 0.5) is 14.9 Å². The van der Waals surface area contributed by atoms with Gasteiger partial charge in [-0.3, -0.25) is 14.5 Å². The van der Waals surface area contributed by atoms with Crippen LogP contribution in [0.5, 0.6) is 5.88 Å². The van der Waals surface area contributed by atoms with Crippen LogP contribution in [0.25, 0.3) is 5.57 Å². The van der Waals surface area contributed by atoms with E-state index in [1.807, 2.05) is 0 Å². The van der Waals surface area contributed by atoms with Gasteiger partial charge in [0.15, 0.2) is 6.10 Å². The van der Waals surface area contributed by atoms with Gasteiger partial charge in [0.1, 0.15) is 24.8 Å². The molecule has 11 nitrogen and oxygen atoms in total. The first kappa shape index (κ1) is 24.2. The van der Waals surface area contributed by atoms with Gasteiger partial charge in [-0.2, -0.15) is 0 Å². The summed E-state index contributed by atoms with van der Waals surface area (Å²) in [6.45, 7) is 0.733. The van der Waals surface area contributed by atoms with Crippen LogP contribution in [0, 0.1) is 5.82 Å². The van der Waals surface area contributed by atoms with Gasteiger partial charge in [-0.05, 0) is 35.3 Å². The molecule has 0 unspecified atom stereocenters. The molecule has 2 N–H and O–H groups in total. The summed E-state index contributed by atoms with van der Waals surface area (Å²) in [7, 11) is 1.43. The zero-order valence-electron chi connectivity index (χ0n) is 19.0. The lowest BCUT2D eigenvalue weighted by Gasteiger charge is -2.28. The molecule has 2 aliphatic heterocycles. The molecule has 2 aromatic rings. The van der Waals surface area contributed by atoms with E-state index in [2.05, 4.69) is 15.0 Å². The van der Waals surface area contributed by atoms with E-state index in [0.29, 0.717) is 23.2 Å². The number of rotatable bonds is 8. The molecular weight excluding hydrogens is 463 g/mol. The number of carbonyl (C=O) groups excluding carboxylic acids is 3. The number of aliphatic hydroxyl groups excluding tert-OH is 1.